The molecule has 0 saturated heterocycles. The topological polar surface area (TPSA) is 39.4 Å². The molecule has 0 aromatic rings. The Morgan fingerprint density at radius 2 is 2.44 bits per heavy atom. The van der Waals surface area contributed by atoms with Gasteiger partial charge in [-0.05, 0) is 18.1 Å². The van der Waals surface area contributed by atoms with Crippen LogP contribution in [0.3, 0.4) is 0 Å². The molecule has 2 rings (SSSR count). The summed E-state index contributed by atoms with van der Waals surface area (Å²) in [6.45, 7) is 9.10. The van der Waals surface area contributed by atoms with E-state index in [1.807, 2.05) is 12.3 Å². The average molecular weight is 213 g/mol. The fourth-order valence-corrected chi connectivity index (χ4v) is 1.96. The van der Waals surface area contributed by atoms with E-state index in [9.17, 15) is 0 Å². The molecule has 0 aromatic carbocycles. The van der Waals surface area contributed by atoms with Gasteiger partial charge in [0.25, 0.3) is 0 Å². The van der Waals surface area contributed by atoms with Crippen molar-refractivity contribution in [2.45, 2.75) is 19.9 Å². The molecule has 0 aliphatic carbocycles. The fraction of sp³-hybridized carbons (Fsp3) is 0.385. The summed E-state index contributed by atoms with van der Waals surface area (Å²) in [6, 6.07) is 2.38. The van der Waals surface area contributed by atoms with E-state index in [4.69, 9.17) is 5.26 Å². The summed E-state index contributed by atoms with van der Waals surface area (Å²) in [7, 11) is 0. The van der Waals surface area contributed by atoms with Crippen molar-refractivity contribution in [1.82, 2.24) is 4.90 Å². The maximum absolute atomic E-state index is 8.99. The molecule has 1 atom stereocenters. The summed E-state index contributed by atoms with van der Waals surface area (Å²) in [5, 5.41) is 8.99. The van der Waals surface area contributed by atoms with Crippen molar-refractivity contribution in [2.24, 2.45) is 10.9 Å². The summed E-state index contributed by atoms with van der Waals surface area (Å²) in [5.41, 5.74) is 1.81. The van der Waals surface area contributed by atoms with E-state index in [1.165, 1.54) is 5.57 Å². The predicted octanol–water partition coefficient (Wildman–Crippen LogP) is 2.26. The molecule has 3 heteroatoms. The summed E-state index contributed by atoms with van der Waals surface area (Å²) in [6.07, 6.45) is 5.67. The molecule has 2 aliphatic heterocycles. The van der Waals surface area contributed by atoms with Crippen LogP contribution in [-0.4, -0.2) is 23.3 Å². The highest BCUT2D eigenvalue weighted by atomic mass is 15.3. The van der Waals surface area contributed by atoms with E-state index < -0.39 is 0 Å². The lowest BCUT2D eigenvalue weighted by molar-refractivity contribution is 0.460. The molecular formula is C13H15N3. The molecular weight excluding hydrogens is 198 g/mol. The lowest BCUT2D eigenvalue weighted by Gasteiger charge is -2.28. The van der Waals surface area contributed by atoms with Gasteiger partial charge in [-0.15, -0.1) is 0 Å². The summed E-state index contributed by atoms with van der Waals surface area (Å²) in [5.74, 6) is 1.22. The summed E-state index contributed by atoms with van der Waals surface area (Å²) >= 11 is 0. The number of hydrogen-bond donors (Lipinski definition) is 0. The van der Waals surface area contributed by atoms with Crippen molar-refractivity contribution >= 4 is 5.84 Å². The van der Waals surface area contributed by atoms with Crippen molar-refractivity contribution < 1.29 is 0 Å². The minimum absolute atomic E-state index is 0.211. The van der Waals surface area contributed by atoms with Crippen LogP contribution in [0.5, 0.6) is 0 Å². The Morgan fingerprint density at radius 3 is 3.06 bits per heavy atom. The molecule has 2 aliphatic rings. The SMILES string of the molecule is C=C(C(C)C)C1CN=C2C(C#N)=CC=CN21. The van der Waals surface area contributed by atoms with Crippen molar-refractivity contribution in [2.75, 3.05) is 6.54 Å². The number of amidine groups is 1. The van der Waals surface area contributed by atoms with Gasteiger partial charge in [-0.2, -0.15) is 5.26 Å². The first-order valence-electron chi connectivity index (χ1n) is 5.45. The maximum atomic E-state index is 8.99. The highest BCUT2D eigenvalue weighted by molar-refractivity contribution is 6.04. The molecule has 16 heavy (non-hydrogen) atoms. The molecule has 82 valence electrons. The van der Waals surface area contributed by atoms with Gasteiger partial charge in [0.15, 0.2) is 0 Å². The maximum Gasteiger partial charge on any atom is 0.146 e. The first-order valence-corrected chi connectivity index (χ1v) is 5.45. The fourth-order valence-electron chi connectivity index (χ4n) is 1.96. The second-order valence-electron chi connectivity index (χ2n) is 4.35. The molecule has 0 N–H and O–H groups in total. The van der Waals surface area contributed by atoms with E-state index >= 15 is 0 Å². The van der Waals surface area contributed by atoms with Crippen molar-refractivity contribution in [3.05, 3.63) is 36.1 Å². The lowest BCUT2D eigenvalue weighted by Crippen LogP contribution is -2.36. The Bertz CT molecular complexity index is 446. The standard InChI is InChI=1S/C13H15N3/c1-9(2)10(3)12-8-15-13-11(7-14)5-4-6-16(12)13/h4-6,9,12H,3,8H2,1-2H3. The number of nitriles is 1. The van der Waals surface area contributed by atoms with Crippen LogP contribution in [0.4, 0.5) is 0 Å². The number of hydrogen-bond acceptors (Lipinski definition) is 3. The third-order valence-corrected chi connectivity index (χ3v) is 3.03. The number of allylic oxidation sites excluding steroid dienone is 2. The predicted molar refractivity (Wildman–Crippen MR) is 64.7 cm³/mol. The number of nitrogens with zero attached hydrogens (tertiary/aromatic N) is 3. The van der Waals surface area contributed by atoms with Gasteiger partial charge in [0, 0.05) is 6.20 Å². The van der Waals surface area contributed by atoms with E-state index in [0.29, 0.717) is 18.0 Å². The molecule has 3 nitrogen and oxygen atoms in total. The molecule has 2 heterocycles. The first-order chi connectivity index (χ1) is 7.65. The quantitative estimate of drug-likeness (QED) is 0.660. The van der Waals surface area contributed by atoms with Crippen LogP contribution in [0, 0.1) is 17.2 Å². The molecule has 0 aromatic heterocycles. The average Bonchev–Trinajstić information content (AvgIpc) is 2.71. The van der Waals surface area contributed by atoms with Crippen molar-refractivity contribution in [3.8, 4) is 6.07 Å². The number of aliphatic imine (C=N–C) groups is 1. The minimum Gasteiger partial charge on any atom is -0.323 e. The number of rotatable bonds is 2. The lowest BCUT2D eigenvalue weighted by atomic mass is 9.96. The van der Waals surface area contributed by atoms with Crippen LogP contribution in [0.2, 0.25) is 0 Å². The second kappa shape index (κ2) is 3.97. The zero-order valence-electron chi connectivity index (χ0n) is 9.64. The highest BCUT2D eigenvalue weighted by Crippen LogP contribution is 2.26. The van der Waals surface area contributed by atoms with Crippen LogP contribution >= 0.6 is 0 Å². The summed E-state index contributed by atoms with van der Waals surface area (Å²) in [4.78, 5) is 6.49. The zero-order valence-corrected chi connectivity index (χ0v) is 9.64. The van der Waals surface area contributed by atoms with Crippen molar-refractivity contribution in [1.29, 1.82) is 5.26 Å². The molecule has 0 spiro atoms. The molecule has 0 radical (unpaired) electrons. The monoisotopic (exact) mass is 213 g/mol. The third kappa shape index (κ3) is 1.57. The normalized spacial score (nSPS) is 22.6. The Labute approximate surface area is 96.1 Å². The van der Waals surface area contributed by atoms with Crippen LogP contribution in [-0.2, 0) is 0 Å². The van der Waals surface area contributed by atoms with Gasteiger partial charge in [-0.25, -0.2) is 0 Å². The Balaban J connectivity index is 2.25. The Hall–Kier alpha value is -1.82. The van der Waals surface area contributed by atoms with E-state index in [-0.39, 0.29) is 6.04 Å². The van der Waals surface area contributed by atoms with E-state index in [1.54, 1.807) is 6.08 Å². The second-order valence-corrected chi connectivity index (χ2v) is 4.35. The molecule has 1 unspecified atom stereocenters. The van der Waals surface area contributed by atoms with Gasteiger partial charge in [0.05, 0.1) is 18.2 Å². The van der Waals surface area contributed by atoms with Gasteiger partial charge in [0.2, 0.25) is 0 Å². The molecule has 0 saturated carbocycles. The molecule has 0 fully saturated rings. The van der Waals surface area contributed by atoms with Crippen LogP contribution in [0.1, 0.15) is 13.8 Å². The van der Waals surface area contributed by atoms with Gasteiger partial charge >= 0.3 is 0 Å². The largest absolute Gasteiger partial charge is 0.323 e. The van der Waals surface area contributed by atoms with Gasteiger partial charge < -0.3 is 4.90 Å². The van der Waals surface area contributed by atoms with E-state index in [0.717, 1.165) is 5.84 Å². The Kier molecular flexibility index (Phi) is 2.66. The Morgan fingerprint density at radius 1 is 1.69 bits per heavy atom. The van der Waals surface area contributed by atoms with Crippen LogP contribution in [0.15, 0.2) is 41.1 Å². The van der Waals surface area contributed by atoms with Crippen LogP contribution in [0.25, 0.3) is 0 Å². The van der Waals surface area contributed by atoms with Gasteiger partial charge in [-0.3, -0.25) is 4.99 Å². The first kappa shape index (κ1) is 10.7. The molecule has 0 bridgehead atoms. The summed E-state index contributed by atoms with van der Waals surface area (Å²) < 4.78 is 0. The minimum atomic E-state index is 0.211. The van der Waals surface area contributed by atoms with E-state index in [2.05, 4.69) is 36.4 Å². The zero-order chi connectivity index (χ0) is 11.7. The van der Waals surface area contributed by atoms with Crippen molar-refractivity contribution in [3.63, 3.8) is 0 Å². The van der Waals surface area contributed by atoms with Gasteiger partial charge in [-0.1, -0.05) is 26.0 Å². The number of fused-ring (bicyclic) bond motifs is 1. The van der Waals surface area contributed by atoms with Crippen LogP contribution < -0.4 is 0 Å². The van der Waals surface area contributed by atoms with Gasteiger partial charge in [0.1, 0.15) is 11.9 Å². The smallest absolute Gasteiger partial charge is 0.146 e. The highest BCUT2D eigenvalue weighted by Gasteiger charge is 2.31. The molecule has 0 amide bonds. The third-order valence-electron chi connectivity index (χ3n) is 3.03.